The van der Waals surface area contributed by atoms with Crippen LogP contribution < -0.4 is 15.5 Å². The first kappa shape index (κ1) is 33.8. The normalized spacial score (nSPS) is 22.0. The number of quaternary nitrogens is 1. The van der Waals surface area contributed by atoms with E-state index in [-0.39, 0.29) is 36.2 Å². The largest absolute Gasteiger partial charge is 0.421 e. The number of amides is 1. The Morgan fingerprint density at radius 3 is 2.57 bits per heavy atom. The lowest BCUT2D eigenvalue weighted by Gasteiger charge is -2.45. The van der Waals surface area contributed by atoms with E-state index in [1.807, 2.05) is 11.0 Å². The van der Waals surface area contributed by atoms with Gasteiger partial charge in [0.15, 0.2) is 0 Å². The van der Waals surface area contributed by atoms with Crippen LogP contribution in [0.4, 0.5) is 36.3 Å². The summed E-state index contributed by atoms with van der Waals surface area (Å²) < 4.78 is 42.6. The Bertz CT molecular complexity index is 1270. The molecule has 4 rings (SSSR count). The Balaban J connectivity index is 1.43. The minimum Gasteiger partial charge on any atom is -0.369 e. The number of hydrogen-bond donors (Lipinski definition) is 2. The third-order valence-corrected chi connectivity index (χ3v) is 9.67. The van der Waals surface area contributed by atoms with E-state index in [1.165, 1.54) is 0 Å². The maximum atomic E-state index is 13.9. The number of nitrogens with one attached hydrogen (secondary N) is 2. The number of carbonyl (C=O) groups is 1. The molecule has 8 nitrogen and oxygen atoms in total. The molecule has 1 aromatic carbocycles. The van der Waals surface area contributed by atoms with Crippen LogP contribution in [0.1, 0.15) is 77.3 Å². The molecular formula is C33H51F3N7O+. The van der Waals surface area contributed by atoms with Gasteiger partial charge >= 0.3 is 6.18 Å². The third kappa shape index (κ3) is 7.95. The Labute approximate surface area is 261 Å². The van der Waals surface area contributed by atoms with Crippen molar-refractivity contribution in [2.24, 2.45) is 5.92 Å². The number of halogens is 3. The number of likely N-dealkylation sites (N-methyl/N-ethyl adjacent to an activating group) is 1. The van der Waals surface area contributed by atoms with Crippen LogP contribution >= 0.6 is 0 Å². The lowest BCUT2D eigenvalue weighted by molar-refractivity contribution is -0.913. The first-order valence-corrected chi connectivity index (χ1v) is 16.3. The van der Waals surface area contributed by atoms with Crippen LogP contribution in [0, 0.1) is 5.92 Å². The number of aromatic nitrogens is 2. The third-order valence-electron chi connectivity index (χ3n) is 9.67. The molecule has 3 unspecified atom stereocenters. The van der Waals surface area contributed by atoms with E-state index in [4.69, 9.17) is 0 Å². The molecule has 2 fully saturated rings. The molecule has 0 bridgehead atoms. The van der Waals surface area contributed by atoms with Gasteiger partial charge in [0.25, 0.3) is 0 Å². The highest BCUT2D eigenvalue weighted by Crippen LogP contribution is 2.35. The minimum atomic E-state index is -4.60. The molecule has 0 spiro atoms. The summed E-state index contributed by atoms with van der Waals surface area (Å²) in [6.07, 6.45) is 2.27. The number of alkyl halides is 3. The van der Waals surface area contributed by atoms with Crippen LogP contribution in [0.15, 0.2) is 24.4 Å². The molecule has 2 aromatic rings. The van der Waals surface area contributed by atoms with Crippen molar-refractivity contribution in [3.8, 4) is 0 Å². The van der Waals surface area contributed by atoms with Crippen molar-refractivity contribution in [1.29, 1.82) is 0 Å². The molecule has 3 atom stereocenters. The monoisotopic (exact) mass is 618 g/mol. The summed E-state index contributed by atoms with van der Waals surface area (Å²) in [6, 6.07) is 6.88. The van der Waals surface area contributed by atoms with Crippen molar-refractivity contribution in [1.82, 2.24) is 14.9 Å². The molecule has 11 heteroatoms. The average Bonchev–Trinajstić information content (AvgIpc) is 3.29. The fourth-order valence-electron chi connectivity index (χ4n) is 6.36. The fraction of sp³-hybridized carbons (Fsp3) is 0.667. The molecule has 244 valence electrons. The predicted molar refractivity (Wildman–Crippen MR) is 171 cm³/mol. The summed E-state index contributed by atoms with van der Waals surface area (Å²) in [5.41, 5.74) is 2.07. The lowest BCUT2D eigenvalue weighted by atomic mass is 9.98. The molecule has 2 N–H and O–H groups in total. The smallest absolute Gasteiger partial charge is 0.369 e. The van der Waals surface area contributed by atoms with E-state index in [0.29, 0.717) is 19.0 Å². The molecular weight excluding hydrogens is 567 g/mol. The highest BCUT2D eigenvalue weighted by atomic mass is 19.4. The SMILES string of the molecule is CCCCC1CC(CC)N(CCCNc2nc(Nc3ccc(N4CC[N+](C)(C)C(C)C4)cc3CC)ncc2C(F)(F)F)C1=O. The number of carbonyl (C=O) groups excluding carboxylic acids is 1. The van der Waals surface area contributed by atoms with Gasteiger partial charge in [-0.05, 0) is 62.8 Å². The van der Waals surface area contributed by atoms with Gasteiger partial charge < -0.3 is 24.9 Å². The number of benzene rings is 1. The van der Waals surface area contributed by atoms with Crippen LogP contribution in [-0.4, -0.2) is 84.2 Å². The molecule has 0 saturated carbocycles. The fourth-order valence-corrected chi connectivity index (χ4v) is 6.36. The van der Waals surface area contributed by atoms with Crippen molar-refractivity contribution in [2.45, 2.75) is 90.9 Å². The first-order chi connectivity index (χ1) is 20.9. The van der Waals surface area contributed by atoms with Crippen LogP contribution in [0.3, 0.4) is 0 Å². The van der Waals surface area contributed by atoms with Crippen molar-refractivity contribution >= 4 is 29.0 Å². The van der Waals surface area contributed by atoms with E-state index >= 15 is 0 Å². The van der Waals surface area contributed by atoms with E-state index < -0.39 is 11.7 Å². The number of anilines is 4. The molecule has 1 aromatic heterocycles. The van der Waals surface area contributed by atoms with Crippen LogP contribution in [0.2, 0.25) is 0 Å². The Hall–Kier alpha value is -3.08. The zero-order valence-electron chi connectivity index (χ0n) is 27.3. The van der Waals surface area contributed by atoms with Gasteiger partial charge in [0.1, 0.15) is 17.4 Å². The highest BCUT2D eigenvalue weighted by molar-refractivity contribution is 5.81. The number of rotatable bonds is 13. The zero-order chi connectivity index (χ0) is 32.1. The van der Waals surface area contributed by atoms with Crippen molar-refractivity contribution in [2.75, 3.05) is 62.4 Å². The number of piperazine rings is 1. The first-order valence-electron chi connectivity index (χ1n) is 16.3. The molecule has 2 saturated heterocycles. The predicted octanol–water partition coefficient (Wildman–Crippen LogP) is 6.71. The van der Waals surface area contributed by atoms with E-state index in [2.05, 4.69) is 79.4 Å². The van der Waals surface area contributed by atoms with Crippen LogP contribution in [0.25, 0.3) is 0 Å². The van der Waals surface area contributed by atoms with Gasteiger partial charge in [-0.15, -0.1) is 0 Å². The minimum absolute atomic E-state index is 0.0667. The zero-order valence-corrected chi connectivity index (χ0v) is 27.3. The van der Waals surface area contributed by atoms with Gasteiger partial charge in [0.05, 0.1) is 33.7 Å². The molecule has 44 heavy (non-hydrogen) atoms. The molecule has 2 aliphatic heterocycles. The lowest BCUT2D eigenvalue weighted by Crippen LogP contribution is -2.60. The van der Waals surface area contributed by atoms with Crippen molar-refractivity contribution < 1.29 is 22.4 Å². The van der Waals surface area contributed by atoms with Gasteiger partial charge in [0, 0.05) is 42.6 Å². The van der Waals surface area contributed by atoms with Gasteiger partial charge in [0.2, 0.25) is 11.9 Å². The summed E-state index contributed by atoms with van der Waals surface area (Å²) in [4.78, 5) is 25.6. The van der Waals surface area contributed by atoms with E-state index in [0.717, 1.165) is 85.8 Å². The Morgan fingerprint density at radius 1 is 1.14 bits per heavy atom. The van der Waals surface area contributed by atoms with Crippen molar-refractivity contribution in [3.63, 3.8) is 0 Å². The van der Waals surface area contributed by atoms with Crippen molar-refractivity contribution in [3.05, 3.63) is 35.5 Å². The second kappa shape index (κ2) is 14.3. The number of unbranched alkanes of at least 4 members (excludes halogenated alkanes) is 1. The topological polar surface area (TPSA) is 73.4 Å². The molecule has 0 aliphatic carbocycles. The Kier molecular flexibility index (Phi) is 11.0. The number of nitrogens with zero attached hydrogens (tertiary/aromatic N) is 5. The summed E-state index contributed by atoms with van der Waals surface area (Å²) in [6.45, 7) is 12.3. The summed E-state index contributed by atoms with van der Waals surface area (Å²) in [5.74, 6) is 0.101. The second-order valence-electron chi connectivity index (χ2n) is 13.0. The average molecular weight is 619 g/mol. The molecule has 1 amide bonds. The molecule has 2 aliphatic rings. The van der Waals surface area contributed by atoms with E-state index in [1.54, 1.807) is 0 Å². The highest BCUT2D eigenvalue weighted by Gasteiger charge is 2.38. The molecule has 0 radical (unpaired) electrons. The van der Waals surface area contributed by atoms with Crippen LogP contribution in [0.5, 0.6) is 0 Å². The Morgan fingerprint density at radius 2 is 1.91 bits per heavy atom. The maximum absolute atomic E-state index is 13.9. The molecule has 3 heterocycles. The summed E-state index contributed by atoms with van der Waals surface area (Å²) >= 11 is 0. The summed E-state index contributed by atoms with van der Waals surface area (Å²) in [5, 5.41) is 6.06. The van der Waals surface area contributed by atoms with E-state index in [9.17, 15) is 18.0 Å². The van der Waals surface area contributed by atoms with Crippen LogP contribution in [-0.2, 0) is 17.4 Å². The van der Waals surface area contributed by atoms with Gasteiger partial charge in [-0.3, -0.25) is 4.79 Å². The van der Waals surface area contributed by atoms with Gasteiger partial charge in [-0.2, -0.15) is 18.2 Å². The quantitative estimate of drug-likeness (QED) is 0.192. The number of aryl methyl sites for hydroxylation is 1. The van der Waals surface area contributed by atoms with Gasteiger partial charge in [-0.1, -0.05) is 33.6 Å². The number of likely N-dealkylation sites (tertiary alicyclic amines) is 1. The van der Waals surface area contributed by atoms with Gasteiger partial charge in [-0.25, -0.2) is 4.98 Å². The number of hydrogen-bond acceptors (Lipinski definition) is 6. The second-order valence-corrected chi connectivity index (χ2v) is 13.0. The standard InChI is InChI=1S/C33H51F3N7O/c1-7-10-12-25-20-26(9-3)42(31(25)44)16-11-15-37-30-28(33(34,35)36)21-38-32(40-30)39-29-14-13-27(19-24(29)8-2)41-17-18-43(5,6)23(4)22-41/h13-14,19,21,23,25-26H,7-12,15-18,20,22H2,1-6H3,(H2,37,38,39,40)/q+1. The summed E-state index contributed by atoms with van der Waals surface area (Å²) in [7, 11) is 4.53. The maximum Gasteiger partial charge on any atom is 0.421 e.